The number of nitrogens with zero attached hydrogens (tertiary/aromatic N) is 2. The molecule has 0 aromatic rings. The van der Waals surface area contributed by atoms with E-state index in [-0.39, 0.29) is 0 Å². The van der Waals surface area contributed by atoms with Gasteiger partial charge in [0.15, 0.2) is 5.96 Å². The molecule has 2 aliphatic rings. The number of guanidine groups is 1. The average Bonchev–Trinajstić information content (AvgIpc) is 3.37. The van der Waals surface area contributed by atoms with Gasteiger partial charge in [0.2, 0.25) is 0 Å². The Hall–Kier alpha value is -0.850. The van der Waals surface area contributed by atoms with E-state index in [9.17, 15) is 0 Å². The lowest BCUT2D eigenvalue weighted by molar-refractivity contribution is 0.138. The van der Waals surface area contributed by atoms with Gasteiger partial charge in [-0.05, 0) is 37.5 Å². The smallest absolute Gasteiger partial charge is 0.191 e. The van der Waals surface area contributed by atoms with E-state index in [0.29, 0.717) is 5.41 Å². The first kappa shape index (κ1) is 20.5. The van der Waals surface area contributed by atoms with Crippen LogP contribution in [0.1, 0.15) is 44.9 Å². The highest BCUT2D eigenvalue weighted by molar-refractivity contribution is 5.79. The normalized spacial score (nSPS) is 20.2. The van der Waals surface area contributed by atoms with Crippen molar-refractivity contribution in [1.82, 2.24) is 15.5 Å². The van der Waals surface area contributed by atoms with E-state index in [4.69, 9.17) is 9.47 Å². The fourth-order valence-electron chi connectivity index (χ4n) is 3.89. The Labute approximate surface area is 153 Å². The van der Waals surface area contributed by atoms with E-state index in [1.807, 2.05) is 7.05 Å². The van der Waals surface area contributed by atoms with Gasteiger partial charge in [-0.3, -0.25) is 9.89 Å². The first-order chi connectivity index (χ1) is 12.2. The highest BCUT2D eigenvalue weighted by atomic mass is 16.5. The predicted molar refractivity (Wildman–Crippen MR) is 103 cm³/mol. The van der Waals surface area contributed by atoms with Crippen molar-refractivity contribution in [2.75, 3.05) is 60.7 Å². The zero-order chi connectivity index (χ0) is 18.0. The molecule has 6 nitrogen and oxygen atoms in total. The second-order valence-electron chi connectivity index (χ2n) is 7.56. The quantitative estimate of drug-likeness (QED) is 0.414. The van der Waals surface area contributed by atoms with E-state index in [0.717, 1.165) is 57.8 Å². The molecule has 6 heteroatoms. The maximum Gasteiger partial charge on any atom is 0.191 e. The van der Waals surface area contributed by atoms with Crippen molar-refractivity contribution in [3.8, 4) is 0 Å². The van der Waals surface area contributed by atoms with Crippen LogP contribution in [0, 0.1) is 5.41 Å². The van der Waals surface area contributed by atoms with Crippen molar-refractivity contribution in [1.29, 1.82) is 0 Å². The van der Waals surface area contributed by atoms with Crippen LogP contribution >= 0.6 is 0 Å². The third-order valence-electron chi connectivity index (χ3n) is 5.69. The molecule has 2 aliphatic carbocycles. The van der Waals surface area contributed by atoms with Crippen LogP contribution in [0.25, 0.3) is 0 Å². The second-order valence-corrected chi connectivity index (χ2v) is 7.56. The van der Waals surface area contributed by atoms with Crippen LogP contribution in [-0.2, 0) is 9.47 Å². The van der Waals surface area contributed by atoms with Crippen LogP contribution in [0.2, 0.25) is 0 Å². The standard InChI is InChI=1S/C19H38N4O2/c1-20-18(21-11-12-23(13-15-25-3)17-6-7-17)22-16-19(10-14-24-2)8-4-5-9-19/h17H,4-16H2,1-3H3,(H2,20,21,22). The molecule has 2 N–H and O–H groups in total. The molecule has 0 bridgehead atoms. The van der Waals surface area contributed by atoms with Crippen molar-refractivity contribution in [3.05, 3.63) is 0 Å². The number of nitrogens with one attached hydrogen (secondary N) is 2. The minimum atomic E-state index is 0.381. The van der Waals surface area contributed by atoms with Gasteiger partial charge >= 0.3 is 0 Å². The summed E-state index contributed by atoms with van der Waals surface area (Å²) in [6.45, 7) is 5.64. The SMILES string of the molecule is CN=C(NCCN(CCOC)C1CC1)NCC1(CCOC)CCCC1. The number of ether oxygens (including phenoxy) is 2. The summed E-state index contributed by atoms with van der Waals surface area (Å²) in [6, 6.07) is 0.766. The molecule has 0 spiro atoms. The largest absolute Gasteiger partial charge is 0.385 e. The zero-order valence-corrected chi connectivity index (χ0v) is 16.5. The van der Waals surface area contributed by atoms with Crippen molar-refractivity contribution < 1.29 is 9.47 Å². The summed E-state index contributed by atoms with van der Waals surface area (Å²) in [5, 5.41) is 7.04. The molecule has 0 aromatic heterocycles. The van der Waals surface area contributed by atoms with Gasteiger partial charge in [0.05, 0.1) is 6.61 Å². The van der Waals surface area contributed by atoms with Gasteiger partial charge in [0.1, 0.15) is 0 Å². The molecule has 0 atom stereocenters. The van der Waals surface area contributed by atoms with Gasteiger partial charge in [0, 0.05) is 60.1 Å². The second kappa shape index (κ2) is 11.0. The molecule has 25 heavy (non-hydrogen) atoms. The molecule has 2 rings (SSSR count). The maximum absolute atomic E-state index is 5.32. The van der Waals surface area contributed by atoms with E-state index < -0.39 is 0 Å². The fourth-order valence-corrected chi connectivity index (χ4v) is 3.89. The lowest BCUT2D eigenvalue weighted by Gasteiger charge is -2.30. The van der Waals surface area contributed by atoms with Crippen molar-refractivity contribution in [2.24, 2.45) is 10.4 Å². The van der Waals surface area contributed by atoms with Crippen molar-refractivity contribution in [2.45, 2.75) is 51.0 Å². The van der Waals surface area contributed by atoms with Gasteiger partial charge in [-0.1, -0.05) is 12.8 Å². The molecule has 0 amide bonds. The topological polar surface area (TPSA) is 58.1 Å². The Bertz CT molecular complexity index is 393. The molecule has 146 valence electrons. The van der Waals surface area contributed by atoms with Crippen molar-refractivity contribution in [3.63, 3.8) is 0 Å². The zero-order valence-electron chi connectivity index (χ0n) is 16.5. The third-order valence-corrected chi connectivity index (χ3v) is 5.69. The van der Waals surface area contributed by atoms with Gasteiger partial charge in [-0.15, -0.1) is 0 Å². The van der Waals surface area contributed by atoms with Gasteiger partial charge in [-0.25, -0.2) is 0 Å². The maximum atomic E-state index is 5.32. The average molecular weight is 355 g/mol. The predicted octanol–water partition coefficient (Wildman–Crippen LogP) is 1.86. The van der Waals surface area contributed by atoms with Crippen molar-refractivity contribution >= 4 is 5.96 Å². The molecule has 0 heterocycles. The van der Waals surface area contributed by atoms with Crippen LogP contribution < -0.4 is 10.6 Å². The minimum Gasteiger partial charge on any atom is -0.385 e. The van der Waals surface area contributed by atoms with Gasteiger partial charge < -0.3 is 20.1 Å². The lowest BCUT2D eigenvalue weighted by Crippen LogP contribution is -2.46. The summed E-state index contributed by atoms with van der Waals surface area (Å²) in [7, 11) is 5.43. The van der Waals surface area contributed by atoms with Crippen LogP contribution in [0.4, 0.5) is 0 Å². The Balaban J connectivity index is 1.70. The van der Waals surface area contributed by atoms with E-state index in [1.54, 1.807) is 14.2 Å². The molecule has 0 aliphatic heterocycles. The molecule has 0 unspecified atom stereocenters. The highest BCUT2D eigenvalue weighted by Crippen LogP contribution is 2.40. The number of aliphatic imine (C=N–C) groups is 1. The Morgan fingerprint density at radius 1 is 1.08 bits per heavy atom. The van der Waals surface area contributed by atoms with E-state index in [1.165, 1.54) is 38.5 Å². The summed E-state index contributed by atoms with van der Waals surface area (Å²) in [5.74, 6) is 0.922. The molecule has 0 aromatic carbocycles. The van der Waals surface area contributed by atoms with Gasteiger partial charge in [0.25, 0.3) is 0 Å². The number of methoxy groups -OCH3 is 2. The highest BCUT2D eigenvalue weighted by Gasteiger charge is 2.33. The first-order valence-corrected chi connectivity index (χ1v) is 9.89. The van der Waals surface area contributed by atoms with E-state index >= 15 is 0 Å². The molecule has 2 saturated carbocycles. The number of hydrogen-bond donors (Lipinski definition) is 2. The minimum absolute atomic E-state index is 0.381. The Morgan fingerprint density at radius 3 is 2.40 bits per heavy atom. The summed E-state index contributed by atoms with van der Waals surface area (Å²) in [5.41, 5.74) is 0.381. The first-order valence-electron chi connectivity index (χ1n) is 9.89. The molecular formula is C19H38N4O2. The summed E-state index contributed by atoms with van der Waals surface area (Å²) >= 11 is 0. The molecule has 0 saturated heterocycles. The van der Waals surface area contributed by atoms with Gasteiger partial charge in [-0.2, -0.15) is 0 Å². The van der Waals surface area contributed by atoms with Crippen LogP contribution in [0.3, 0.4) is 0 Å². The third kappa shape index (κ3) is 7.12. The van der Waals surface area contributed by atoms with Crippen LogP contribution in [-0.4, -0.2) is 77.6 Å². The Morgan fingerprint density at radius 2 is 1.80 bits per heavy atom. The number of hydrogen-bond acceptors (Lipinski definition) is 4. The fraction of sp³-hybridized carbons (Fsp3) is 0.947. The summed E-state index contributed by atoms with van der Waals surface area (Å²) < 4.78 is 10.6. The van der Waals surface area contributed by atoms with E-state index in [2.05, 4.69) is 20.5 Å². The molecular weight excluding hydrogens is 316 g/mol. The Kier molecular flexibility index (Phi) is 8.99. The number of rotatable bonds is 12. The molecule has 0 radical (unpaired) electrons. The molecule has 2 fully saturated rings. The summed E-state index contributed by atoms with van der Waals surface area (Å²) in [6.07, 6.45) is 9.08. The summed E-state index contributed by atoms with van der Waals surface area (Å²) in [4.78, 5) is 6.93. The van der Waals surface area contributed by atoms with Crippen LogP contribution in [0.15, 0.2) is 4.99 Å². The van der Waals surface area contributed by atoms with Crippen LogP contribution in [0.5, 0.6) is 0 Å². The lowest BCUT2D eigenvalue weighted by atomic mass is 9.83. The monoisotopic (exact) mass is 354 g/mol.